The van der Waals surface area contributed by atoms with Gasteiger partial charge in [-0.3, -0.25) is 4.79 Å². The summed E-state index contributed by atoms with van der Waals surface area (Å²) < 4.78 is 16.8. The predicted octanol–water partition coefficient (Wildman–Crippen LogP) is 4.33. The molecule has 0 atom stereocenters. The molecule has 0 aliphatic carbocycles. The van der Waals surface area contributed by atoms with Gasteiger partial charge in [0, 0.05) is 29.0 Å². The van der Waals surface area contributed by atoms with Gasteiger partial charge in [-0.15, -0.1) is 0 Å². The molecule has 3 aromatic rings. The van der Waals surface area contributed by atoms with Crippen molar-refractivity contribution in [3.05, 3.63) is 63.8 Å². The summed E-state index contributed by atoms with van der Waals surface area (Å²) in [6.45, 7) is 1.80. The van der Waals surface area contributed by atoms with Crippen LogP contribution in [0.2, 0.25) is 0 Å². The number of carbonyl (C=O) groups excluding carboxylic acids is 2. The first kappa shape index (κ1) is 19.9. The third-order valence-corrected chi connectivity index (χ3v) is 4.88. The average Bonchev–Trinajstić information content (AvgIpc) is 3.02. The van der Waals surface area contributed by atoms with E-state index in [0.29, 0.717) is 17.7 Å². The highest BCUT2D eigenvalue weighted by atomic mass is 79.9. The van der Waals surface area contributed by atoms with E-state index >= 15 is 0 Å². The Hall–Kier alpha value is -2.80. The lowest BCUT2D eigenvalue weighted by Crippen LogP contribution is -2.30. The summed E-state index contributed by atoms with van der Waals surface area (Å²) in [5.41, 5.74) is 2.19. The summed E-state index contributed by atoms with van der Waals surface area (Å²) in [7, 11) is 3.24. The van der Waals surface area contributed by atoms with Crippen LogP contribution in [0.1, 0.15) is 21.7 Å². The summed E-state index contributed by atoms with van der Waals surface area (Å²) in [6, 6.07) is 12.9. The number of esters is 1. The lowest BCUT2D eigenvalue weighted by Gasteiger charge is -2.17. The fourth-order valence-electron chi connectivity index (χ4n) is 2.82. The van der Waals surface area contributed by atoms with Crippen molar-refractivity contribution in [2.75, 3.05) is 20.8 Å². The third-order valence-electron chi connectivity index (χ3n) is 4.39. The minimum atomic E-state index is -0.659. The van der Waals surface area contributed by atoms with Crippen molar-refractivity contribution < 1.29 is 23.5 Å². The summed E-state index contributed by atoms with van der Waals surface area (Å²) in [5, 5.41) is 0.822. The molecular weight excluding hydrogens is 426 g/mol. The molecule has 3 rings (SSSR count). The molecule has 0 N–H and O–H groups in total. The maximum atomic E-state index is 12.4. The quantitative estimate of drug-likeness (QED) is 0.528. The number of aryl methyl sites for hydroxylation is 1. The van der Waals surface area contributed by atoms with Crippen molar-refractivity contribution in [2.45, 2.75) is 13.5 Å². The molecule has 0 bridgehead atoms. The van der Waals surface area contributed by atoms with Crippen LogP contribution in [-0.2, 0) is 16.1 Å². The fourth-order valence-corrected chi connectivity index (χ4v) is 3.18. The zero-order valence-corrected chi connectivity index (χ0v) is 17.4. The van der Waals surface area contributed by atoms with Gasteiger partial charge in [-0.2, -0.15) is 0 Å². The molecule has 0 aliphatic heterocycles. The zero-order chi connectivity index (χ0) is 20.3. The number of nitrogens with zero attached hydrogens (tertiary/aromatic N) is 1. The molecule has 1 aromatic heterocycles. The second-order valence-corrected chi connectivity index (χ2v) is 7.29. The van der Waals surface area contributed by atoms with Gasteiger partial charge in [-0.1, -0.05) is 28.1 Å². The normalized spacial score (nSPS) is 10.7. The van der Waals surface area contributed by atoms with Gasteiger partial charge in [-0.25, -0.2) is 4.79 Å². The molecule has 0 saturated carbocycles. The molecule has 146 valence electrons. The maximum absolute atomic E-state index is 12.4. The number of hydrogen-bond acceptors (Lipinski definition) is 5. The molecule has 1 heterocycles. The first-order valence-corrected chi connectivity index (χ1v) is 9.41. The highest BCUT2D eigenvalue weighted by molar-refractivity contribution is 9.10. The van der Waals surface area contributed by atoms with E-state index in [1.807, 2.05) is 36.4 Å². The standard InChI is InChI=1S/C21H20BrNO5/c1-13-17-10-15(22)7-8-18(17)28-20(13)21(25)27-12-19(24)23(2)11-14-5-4-6-16(9-14)26-3/h4-10H,11-12H2,1-3H3. The Bertz CT molecular complexity index is 1030. The fraction of sp³-hybridized carbons (Fsp3) is 0.238. The number of rotatable bonds is 6. The number of fused-ring (bicyclic) bond motifs is 1. The van der Waals surface area contributed by atoms with Gasteiger partial charge in [0.1, 0.15) is 11.3 Å². The van der Waals surface area contributed by atoms with Crippen LogP contribution in [-0.4, -0.2) is 37.5 Å². The number of amides is 1. The smallest absolute Gasteiger partial charge is 0.375 e. The van der Waals surface area contributed by atoms with E-state index in [-0.39, 0.29) is 18.3 Å². The summed E-state index contributed by atoms with van der Waals surface area (Å²) >= 11 is 3.40. The number of ether oxygens (including phenoxy) is 2. The SMILES string of the molecule is COc1cccc(CN(C)C(=O)COC(=O)c2oc3ccc(Br)cc3c2C)c1. The third kappa shape index (κ3) is 4.36. The number of carbonyl (C=O) groups is 2. The Kier molecular flexibility index (Phi) is 6.04. The van der Waals surface area contributed by atoms with Gasteiger partial charge >= 0.3 is 5.97 Å². The Morgan fingerprint density at radius 3 is 2.71 bits per heavy atom. The number of benzene rings is 2. The van der Waals surface area contributed by atoms with Crippen LogP contribution >= 0.6 is 15.9 Å². The van der Waals surface area contributed by atoms with E-state index in [9.17, 15) is 9.59 Å². The molecule has 2 aromatic carbocycles. The Labute approximate surface area is 171 Å². The van der Waals surface area contributed by atoms with E-state index < -0.39 is 5.97 Å². The second kappa shape index (κ2) is 8.48. The van der Waals surface area contributed by atoms with E-state index in [1.54, 1.807) is 27.1 Å². The Morgan fingerprint density at radius 1 is 1.18 bits per heavy atom. The van der Waals surface area contributed by atoms with Crippen molar-refractivity contribution >= 4 is 38.8 Å². The molecule has 0 spiro atoms. The Morgan fingerprint density at radius 2 is 1.96 bits per heavy atom. The van der Waals surface area contributed by atoms with Crippen molar-refractivity contribution in [3.63, 3.8) is 0 Å². The van der Waals surface area contributed by atoms with Crippen LogP contribution < -0.4 is 4.74 Å². The van der Waals surface area contributed by atoms with Crippen molar-refractivity contribution in [2.24, 2.45) is 0 Å². The molecule has 7 heteroatoms. The summed E-state index contributed by atoms with van der Waals surface area (Å²) in [6.07, 6.45) is 0. The topological polar surface area (TPSA) is 69.0 Å². The number of furan rings is 1. The van der Waals surface area contributed by atoms with Crippen molar-refractivity contribution in [1.82, 2.24) is 4.90 Å². The predicted molar refractivity (Wildman–Crippen MR) is 108 cm³/mol. The molecule has 6 nitrogen and oxygen atoms in total. The second-order valence-electron chi connectivity index (χ2n) is 6.37. The van der Waals surface area contributed by atoms with Gasteiger partial charge in [0.25, 0.3) is 5.91 Å². The highest BCUT2D eigenvalue weighted by Crippen LogP contribution is 2.28. The lowest BCUT2D eigenvalue weighted by atomic mass is 10.1. The zero-order valence-electron chi connectivity index (χ0n) is 15.8. The maximum Gasteiger partial charge on any atom is 0.375 e. The van der Waals surface area contributed by atoms with Crippen LogP contribution in [0.4, 0.5) is 0 Å². The van der Waals surface area contributed by atoms with E-state index in [0.717, 1.165) is 21.2 Å². The van der Waals surface area contributed by atoms with Crippen LogP contribution in [0.5, 0.6) is 5.75 Å². The van der Waals surface area contributed by atoms with Gasteiger partial charge in [-0.05, 0) is 42.8 Å². The van der Waals surface area contributed by atoms with Gasteiger partial charge < -0.3 is 18.8 Å². The molecule has 0 saturated heterocycles. The largest absolute Gasteiger partial charge is 0.497 e. The highest BCUT2D eigenvalue weighted by Gasteiger charge is 2.21. The van der Waals surface area contributed by atoms with Crippen molar-refractivity contribution in [3.8, 4) is 5.75 Å². The van der Waals surface area contributed by atoms with Crippen molar-refractivity contribution in [1.29, 1.82) is 0 Å². The number of likely N-dealkylation sites (N-methyl/N-ethyl adjacent to an activating group) is 1. The molecule has 0 fully saturated rings. The van der Waals surface area contributed by atoms with E-state index in [1.165, 1.54) is 4.90 Å². The molecule has 0 unspecified atom stereocenters. The molecule has 1 amide bonds. The first-order chi connectivity index (χ1) is 13.4. The van der Waals surface area contributed by atoms with Crippen LogP contribution in [0.3, 0.4) is 0 Å². The molecular formula is C21H20BrNO5. The van der Waals surface area contributed by atoms with Crippen LogP contribution in [0, 0.1) is 6.92 Å². The summed E-state index contributed by atoms with van der Waals surface area (Å²) in [5.74, 6) is -0.145. The summed E-state index contributed by atoms with van der Waals surface area (Å²) in [4.78, 5) is 26.2. The van der Waals surface area contributed by atoms with Crippen LogP contribution in [0.25, 0.3) is 11.0 Å². The Balaban J connectivity index is 1.62. The molecule has 0 aliphatic rings. The minimum absolute atomic E-state index is 0.108. The molecule has 0 radical (unpaired) electrons. The first-order valence-electron chi connectivity index (χ1n) is 8.61. The number of halogens is 1. The number of methoxy groups -OCH3 is 1. The van der Waals surface area contributed by atoms with E-state index in [4.69, 9.17) is 13.9 Å². The average molecular weight is 446 g/mol. The van der Waals surface area contributed by atoms with E-state index in [2.05, 4.69) is 15.9 Å². The number of hydrogen-bond donors (Lipinski definition) is 0. The lowest BCUT2D eigenvalue weighted by molar-refractivity contribution is -0.133. The van der Waals surface area contributed by atoms with Crippen LogP contribution in [0.15, 0.2) is 51.4 Å². The monoisotopic (exact) mass is 445 g/mol. The molecule has 28 heavy (non-hydrogen) atoms. The van der Waals surface area contributed by atoms with Gasteiger partial charge in [0.2, 0.25) is 5.76 Å². The van der Waals surface area contributed by atoms with Gasteiger partial charge in [0.15, 0.2) is 6.61 Å². The minimum Gasteiger partial charge on any atom is -0.497 e. The van der Waals surface area contributed by atoms with Gasteiger partial charge in [0.05, 0.1) is 7.11 Å².